The van der Waals surface area contributed by atoms with E-state index in [0.717, 1.165) is 23.1 Å². The molecule has 0 aliphatic heterocycles. The van der Waals surface area contributed by atoms with Gasteiger partial charge < -0.3 is 10.3 Å². The van der Waals surface area contributed by atoms with Gasteiger partial charge in [0.05, 0.1) is 0 Å². The number of aryl methyl sites for hydroxylation is 2. The number of nitrogens with one attached hydrogen (secondary N) is 2. The van der Waals surface area contributed by atoms with Gasteiger partial charge in [-0.15, -0.1) is 0 Å². The number of H-pyrrole nitrogens is 1. The summed E-state index contributed by atoms with van der Waals surface area (Å²) in [5, 5.41) is 2.93. The van der Waals surface area contributed by atoms with Gasteiger partial charge in [0, 0.05) is 24.2 Å². The van der Waals surface area contributed by atoms with Crippen LogP contribution in [0.1, 0.15) is 48.9 Å². The third-order valence-corrected chi connectivity index (χ3v) is 5.29. The summed E-state index contributed by atoms with van der Waals surface area (Å²) in [6.45, 7) is 4.12. The van der Waals surface area contributed by atoms with E-state index in [2.05, 4.69) is 10.3 Å². The third kappa shape index (κ3) is 3.04. The van der Waals surface area contributed by atoms with E-state index in [0.29, 0.717) is 24.4 Å². The summed E-state index contributed by atoms with van der Waals surface area (Å²) in [5.74, 6) is 2.30. The first kappa shape index (κ1) is 14.4. The highest BCUT2D eigenvalue weighted by atomic mass is 16.1. The maximum atomic E-state index is 12.1. The van der Waals surface area contributed by atoms with Crippen LogP contribution in [0.3, 0.4) is 0 Å². The molecule has 3 rings (SSSR count). The van der Waals surface area contributed by atoms with Crippen LogP contribution >= 0.6 is 0 Å². The zero-order valence-corrected chi connectivity index (χ0v) is 12.9. The van der Waals surface area contributed by atoms with Crippen molar-refractivity contribution in [3.8, 4) is 0 Å². The first-order valence-electron chi connectivity index (χ1n) is 7.99. The van der Waals surface area contributed by atoms with Crippen LogP contribution in [0.2, 0.25) is 0 Å². The van der Waals surface area contributed by atoms with Crippen LogP contribution in [0.5, 0.6) is 0 Å². The Morgan fingerprint density at radius 2 is 2.14 bits per heavy atom. The second-order valence-electron chi connectivity index (χ2n) is 6.86. The number of hydrogen-bond donors (Lipinski definition) is 2. The molecular formula is C17H24N2O2. The number of pyridine rings is 1. The van der Waals surface area contributed by atoms with E-state index >= 15 is 0 Å². The number of carbonyl (C=O) groups is 1. The molecule has 21 heavy (non-hydrogen) atoms. The molecule has 2 saturated carbocycles. The lowest BCUT2D eigenvalue weighted by molar-refractivity contribution is -0.122. The van der Waals surface area contributed by atoms with Crippen LogP contribution in [-0.2, 0) is 11.3 Å². The van der Waals surface area contributed by atoms with Gasteiger partial charge in [-0.2, -0.15) is 0 Å². The summed E-state index contributed by atoms with van der Waals surface area (Å²) in [7, 11) is 0. The fourth-order valence-corrected chi connectivity index (χ4v) is 4.22. The molecule has 0 unspecified atom stereocenters. The number of fused-ring (bicyclic) bond motifs is 2. The van der Waals surface area contributed by atoms with Crippen molar-refractivity contribution >= 4 is 5.91 Å². The van der Waals surface area contributed by atoms with Gasteiger partial charge in [-0.3, -0.25) is 9.59 Å². The highest BCUT2D eigenvalue weighted by Crippen LogP contribution is 2.49. The van der Waals surface area contributed by atoms with Crippen molar-refractivity contribution in [1.29, 1.82) is 0 Å². The average molecular weight is 288 g/mol. The minimum absolute atomic E-state index is 0.0897. The van der Waals surface area contributed by atoms with Gasteiger partial charge in [0.2, 0.25) is 5.91 Å². The molecule has 1 aromatic rings. The smallest absolute Gasteiger partial charge is 0.253 e. The van der Waals surface area contributed by atoms with E-state index in [1.54, 1.807) is 0 Å². The normalized spacial score (nSPS) is 27.0. The topological polar surface area (TPSA) is 62.0 Å². The van der Waals surface area contributed by atoms with E-state index in [9.17, 15) is 9.59 Å². The summed E-state index contributed by atoms with van der Waals surface area (Å²) in [4.78, 5) is 26.8. The lowest BCUT2D eigenvalue weighted by Gasteiger charge is -2.21. The summed E-state index contributed by atoms with van der Waals surface area (Å²) in [6.07, 6.45) is 5.85. The number of carbonyl (C=O) groups excluding carboxylic acids is 1. The zero-order chi connectivity index (χ0) is 15.0. The second-order valence-corrected chi connectivity index (χ2v) is 6.86. The molecule has 2 aliphatic rings. The third-order valence-electron chi connectivity index (χ3n) is 5.29. The van der Waals surface area contributed by atoms with Crippen molar-refractivity contribution in [2.75, 3.05) is 0 Å². The molecule has 0 saturated heterocycles. The Hall–Kier alpha value is -1.58. The number of aromatic nitrogens is 1. The Morgan fingerprint density at radius 1 is 1.33 bits per heavy atom. The van der Waals surface area contributed by atoms with Crippen molar-refractivity contribution < 1.29 is 4.79 Å². The molecule has 0 spiro atoms. The van der Waals surface area contributed by atoms with Crippen molar-refractivity contribution in [2.45, 2.75) is 52.5 Å². The molecule has 0 aromatic carbocycles. The van der Waals surface area contributed by atoms with Gasteiger partial charge in [-0.1, -0.05) is 6.42 Å². The fraction of sp³-hybridized carbons (Fsp3) is 0.647. The van der Waals surface area contributed by atoms with Crippen molar-refractivity contribution in [3.05, 3.63) is 33.2 Å². The minimum Gasteiger partial charge on any atom is -0.352 e. The first-order chi connectivity index (χ1) is 10.0. The van der Waals surface area contributed by atoms with E-state index in [1.165, 1.54) is 25.7 Å². The molecule has 4 nitrogen and oxygen atoms in total. The Balaban J connectivity index is 1.56. The van der Waals surface area contributed by atoms with Gasteiger partial charge >= 0.3 is 0 Å². The van der Waals surface area contributed by atoms with Crippen molar-refractivity contribution in [3.63, 3.8) is 0 Å². The minimum atomic E-state index is -0.0901. The number of aromatic amines is 1. The maximum absolute atomic E-state index is 12.1. The predicted molar refractivity (Wildman–Crippen MR) is 81.9 cm³/mol. The molecule has 0 radical (unpaired) electrons. The molecule has 4 heteroatoms. The number of amides is 1. The molecule has 114 valence electrons. The van der Waals surface area contributed by atoms with Gasteiger partial charge in [-0.05, 0) is 62.5 Å². The van der Waals surface area contributed by atoms with Gasteiger partial charge in [0.25, 0.3) is 5.56 Å². The van der Waals surface area contributed by atoms with Crippen LogP contribution in [-0.4, -0.2) is 10.9 Å². The molecule has 1 heterocycles. The zero-order valence-electron chi connectivity index (χ0n) is 12.9. The van der Waals surface area contributed by atoms with Gasteiger partial charge in [0.1, 0.15) is 0 Å². The lowest BCUT2D eigenvalue weighted by Crippen LogP contribution is -2.30. The van der Waals surface area contributed by atoms with Crippen LogP contribution in [0, 0.1) is 31.6 Å². The summed E-state index contributed by atoms with van der Waals surface area (Å²) in [5.41, 5.74) is 2.38. The standard InChI is InChI=1S/C17H24N2O2/c1-10-5-11(2)19-17(21)15(10)9-18-16(20)8-14-7-12-3-4-13(14)6-12/h5,12-14H,3-4,6-9H2,1-2H3,(H,18,20)(H,19,21)/t12-,13+,14+/m0/s1. The highest BCUT2D eigenvalue weighted by molar-refractivity contribution is 5.76. The van der Waals surface area contributed by atoms with Gasteiger partial charge in [0.15, 0.2) is 0 Å². The maximum Gasteiger partial charge on any atom is 0.253 e. The van der Waals surface area contributed by atoms with Crippen LogP contribution in [0.4, 0.5) is 0 Å². The largest absolute Gasteiger partial charge is 0.352 e. The summed E-state index contributed by atoms with van der Waals surface area (Å²) < 4.78 is 0. The lowest BCUT2D eigenvalue weighted by atomic mass is 9.86. The molecule has 1 aromatic heterocycles. The molecular weight excluding hydrogens is 264 g/mol. The monoisotopic (exact) mass is 288 g/mol. The second kappa shape index (κ2) is 5.66. The number of hydrogen-bond acceptors (Lipinski definition) is 2. The van der Waals surface area contributed by atoms with E-state index in [1.807, 2.05) is 19.9 Å². The summed E-state index contributed by atoms with van der Waals surface area (Å²) >= 11 is 0. The van der Waals surface area contributed by atoms with E-state index in [4.69, 9.17) is 0 Å². The summed E-state index contributed by atoms with van der Waals surface area (Å²) in [6, 6.07) is 1.94. The molecule has 1 amide bonds. The van der Waals surface area contributed by atoms with E-state index < -0.39 is 0 Å². The Labute approximate surface area is 125 Å². The Morgan fingerprint density at radius 3 is 2.76 bits per heavy atom. The van der Waals surface area contributed by atoms with Crippen molar-refractivity contribution in [2.24, 2.45) is 17.8 Å². The number of rotatable bonds is 4. The van der Waals surface area contributed by atoms with Crippen LogP contribution in [0.25, 0.3) is 0 Å². The molecule has 2 bridgehead atoms. The van der Waals surface area contributed by atoms with Crippen LogP contribution < -0.4 is 10.9 Å². The highest BCUT2D eigenvalue weighted by Gasteiger charge is 2.40. The Bertz CT molecular complexity index is 605. The molecule has 2 aliphatic carbocycles. The van der Waals surface area contributed by atoms with Gasteiger partial charge in [-0.25, -0.2) is 0 Å². The fourth-order valence-electron chi connectivity index (χ4n) is 4.22. The molecule has 2 N–H and O–H groups in total. The van der Waals surface area contributed by atoms with Crippen molar-refractivity contribution in [1.82, 2.24) is 10.3 Å². The SMILES string of the molecule is Cc1cc(C)c(CNC(=O)C[C@H]2C[C@H]3CC[C@@H]2C3)c(=O)[nH]1. The average Bonchev–Trinajstić information content (AvgIpc) is 2.99. The van der Waals surface area contributed by atoms with E-state index in [-0.39, 0.29) is 11.5 Å². The quantitative estimate of drug-likeness (QED) is 0.894. The molecule has 2 fully saturated rings. The molecule has 3 atom stereocenters. The first-order valence-corrected chi connectivity index (χ1v) is 7.99. The van der Waals surface area contributed by atoms with Crippen LogP contribution in [0.15, 0.2) is 10.9 Å². The predicted octanol–water partition coefficient (Wildman–Crippen LogP) is 2.43. The Kier molecular flexibility index (Phi) is 3.87.